The Morgan fingerprint density at radius 1 is 1.20 bits per heavy atom. The predicted molar refractivity (Wildman–Crippen MR) is 83.4 cm³/mol. The molecular weight excluding hydrogens is 270 g/mol. The molecule has 1 fully saturated rings. The van der Waals surface area contributed by atoms with Gasteiger partial charge in [0, 0.05) is 39.5 Å². The van der Waals surface area contributed by atoms with E-state index in [0.29, 0.717) is 0 Å². The molecule has 3 aromatic rings. The van der Waals surface area contributed by atoms with Gasteiger partial charge in [-0.15, -0.1) is 0 Å². The van der Waals surface area contributed by atoms with Gasteiger partial charge in [-0.1, -0.05) is 35.9 Å². The molecule has 4 rings (SSSR count). The lowest BCUT2D eigenvalue weighted by atomic mass is 9.92. The summed E-state index contributed by atoms with van der Waals surface area (Å²) in [5, 5.41) is 4.24. The Hall–Kier alpha value is -1.51. The van der Waals surface area contributed by atoms with Gasteiger partial charge < -0.3 is 9.72 Å². The summed E-state index contributed by atoms with van der Waals surface area (Å²) < 4.78 is 5.98. The zero-order valence-corrected chi connectivity index (χ0v) is 12.1. The largest absolute Gasteiger partial charge is 0.371 e. The summed E-state index contributed by atoms with van der Waals surface area (Å²) in [6.07, 6.45) is 4.26. The zero-order valence-electron chi connectivity index (χ0n) is 11.4. The highest BCUT2D eigenvalue weighted by Gasteiger charge is 2.34. The number of nitrogens with one attached hydrogen (secondary N) is 1. The van der Waals surface area contributed by atoms with Crippen LogP contribution < -0.4 is 0 Å². The van der Waals surface area contributed by atoms with E-state index in [1.54, 1.807) is 0 Å². The van der Waals surface area contributed by atoms with Crippen LogP contribution in [0, 0.1) is 0 Å². The Kier molecular flexibility index (Phi) is 2.60. The molecule has 0 spiro atoms. The second kappa shape index (κ2) is 4.24. The highest BCUT2D eigenvalue weighted by atomic mass is 35.5. The van der Waals surface area contributed by atoms with Crippen LogP contribution in [0.1, 0.15) is 25.3 Å². The van der Waals surface area contributed by atoms with Crippen molar-refractivity contribution in [2.24, 2.45) is 0 Å². The number of rotatable bonds is 1. The fourth-order valence-electron chi connectivity index (χ4n) is 3.35. The Labute approximate surface area is 122 Å². The number of hydrogen-bond donors (Lipinski definition) is 1. The molecule has 2 nitrogen and oxygen atoms in total. The first-order valence-corrected chi connectivity index (χ1v) is 7.40. The number of fused-ring (bicyclic) bond motifs is 3. The molecule has 1 aliphatic heterocycles. The first-order chi connectivity index (χ1) is 9.69. The molecule has 1 unspecified atom stereocenters. The molecule has 20 heavy (non-hydrogen) atoms. The van der Waals surface area contributed by atoms with Gasteiger partial charge in [-0.25, -0.2) is 0 Å². The molecule has 0 saturated carbocycles. The monoisotopic (exact) mass is 285 g/mol. The average molecular weight is 286 g/mol. The number of H-pyrrole nitrogens is 1. The minimum Gasteiger partial charge on any atom is -0.371 e. The van der Waals surface area contributed by atoms with Crippen LogP contribution in [-0.4, -0.2) is 11.6 Å². The molecular formula is C17H16ClNO. The summed E-state index contributed by atoms with van der Waals surface area (Å²) in [5.41, 5.74) is 2.18. The molecule has 2 heterocycles. The summed E-state index contributed by atoms with van der Waals surface area (Å²) in [7, 11) is 0. The van der Waals surface area contributed by atoms with E-state index < -0.39 is 0 Å². The lowest BCUT2D eigenvalue weighted by Crippen LogP contribution is -2.19. The van der Waals surface area contributed by atoms with Crippen molar-refractivity contribution in [1.29, 1.82) is 0 Å². The number of ether oxygens (including phenoxy) is 1. The highest BCUT2D eigenvalue weighted by molar-refractivity contribution is 6.37. The summed E-state index contributed by atoms with van der Waals surface area (Å²) >= 11 is 6.46. The summed E-state index contributed by atoms with van der Waals surface area (Å²) in [4.78, 5) is 3.42. The van der Waals surface area contributed by atoms with Crippen LogP contribution in [0.2, 0.25) is 5.02 Å². The van der Waals surface area contributed by atoms with Crippen LogP contribution in [0.3, 0.4) is 0 Å². The van der Waals surface area contributed by atoms with Crippen molar-refractivity contribution in [3.63, 3.8) is 0 Å². The van der Waals surface area contributed by atoms with E-state index in [-0.39, 0.29) is 5.60 Å². The van der Waals surface area contributed by atoms with Crippen LogP contribution in [0.25, 0.3) is 21.7 Å². The van der Waals surface area contributed by atoms with E-state index in [2.05, 4.69) is 36.3 Å². The first-order valence-electron chi connectivity index (χ1n) is 7.02. The molecule has 0 aliphatic carbocycles. The molecule has 0 radical (unpaired) electrons. The van der Waals surface area contributed by atoms with Gasteiger partial charge in [0.2, 0.25) is 0 Å². The quantitative estimate of drug-likeness (QED) is 0.669. The second-order valence-electron chi connectivity index (χ2n) is 5.71. The van der Waals surface area contributed by atoms with Crippen molar-refractivity contribution >= 4 is 33.3 Å². The Bertz CT molecular complexity index is 799. The third-order valence-electron chi connectivity index (χ3n) is 4.43. The van der Waals surface area contributed by atoms with Crippen molar-refractivity contribution in [3.05, 3.63) is 47.1 Å². The average Bonchev–Trinajstić information content (AvgIpc) is 3.06. The van der Waals surface area contributed by atoms with Crippen molar-refractivity contribution in [2.75, 3.05) is 6.61 Å². The van der Waals surface area contributed by atoms with Crippen LogP contribution >= 0.6 is 11.6 Å². The van der Waals surface area contributed by atoms with Crippen LogP contribution in [0.15, 0.2) is 36.5 Å². The van der Waals surface area contributed by atoms with Crippen molar-refractivity contribution in [1.82, 2.24) is 4.98 Å². The number of halogens is 1. The lowest BCUT2D eigenvalue weighted by Gasteiger charge is -2.22. The summed E-state index contributed by atoms with van der Waals surface area (Å²) in [6.45, 7) is 3.01. The fourth-order valence-corrected chi connectivity index (χ4v) is 3.62. The number of hydrogen-bond acceptors (Lipinski definition) is 1. The minimum atomic E-state index is -0.190. The van der Waals surface area contributed by atoms with Crippen molar-refractivity contribution in [2.45, 2.75) is 25.4 Å². The lowest BCUT2D eigenvalue weighted by molar-refractivity contribution is 0.0181. The van der Waals surface area contributed by atoms with Gasteiger partial charge >= 0.3 is 0 Å². The van der Waals surface area contributed by atoms with Crippen molar-refractivity contribution < 1.29 is 4.74 Å². The summed E-state index contributed by atoms with van der Waals surface area (Å²) in [5.74, 6) is 0. The Morgan fingerprint density at radius 2 is 2.00 bits per heavy atom. The van der Waals surface area contributed by atoms with Gasteiger partial charge in [0.1, 0.15) is 0 Å². The fraction of sp³-hybridized carbons (Fsp3) is 0.294. The summed E-state index contributed by atoms with van der Waals surface area (Å²) in [6, 6.07) is 10.3. The molecule has 1 atom stereocenters. The van der Waals surface area contributed by atoms with Crippen LogP contribution in [0.4, 0.5) is 0 Å². The maximum atomic E-state index is 6.46. The molecule has 0 amide bonds. The highest BCUT2D eigenvalue weighted by Crippen LogP contribution is 2.42. The predicted octanol–water partition coefficient (Wildman–Crippen LogP) is 5.00. The molecule has 2 aromatic carbocycles. The van der Waals surface area contributed by atoms with Crippen molar-refractivity contribution in [3.8, 4) is 0 Å². The number of aromatic nitrogens is 1. The third kappa shape index (κ3) is 1.62. The standard InChI is InChI=1S/C17H16ClNO/c1-17(7-4-8-20-17)14-10-19-16-12-6-3-2-5-11(12)15(18)9-13(14)16/h2-3,5-6,9-10,19H,4,7-8H2,1H3. The van der Waals surface area contributed by atoms with Gasteiger partial charge in [-0.05, 0) is 25.8 Å². The number of aromatic amines is 1. The topological polar surface area (TPSA) is 25.0 Å². The molecule has 1 N–H and O–H groups in total. The van der Waals surface area contributed by atoms with E-state index in [9.17, 15) is 0 Å². The maximum Gasteiger partial charge on any atom is 0.0924 e. The molecule has 1 aromatic heterocycles. The van der Waals surface area contributed by atoms with E-state index in [1.165, 1.54) is 16.3 Å². The molecule has 3 heteroatoms. The molecule has 0 bridgehead atoms. The maximum absolute atomic E-state index is 6.46. The number of benzene rings is 2. The SMILES string of the molecule is CC1(c2c[nH]c3c2cc(Cl)c2ccccc23)CCCO1. The Balaban J connectivity index is 2.06. The van der Waals surface area contributed by atoms with Gasteiger partial charge in [0.15, 0.2) is 0 Å². The molecule has 1 saturated heterocycles. The van der Waals surface area contributed by atoms with E-state index in [4.69, 9.17) is 16.3 Å². The second-order valence-corrected chi connectivity index (χ2v) is 6.12. The van der Waals surface area contributed by atoms with Gasteiger partial charge in [-0.2, -0.15) is 0 Å². The minimum absolute atomic E-state index is 0.190. The van der Waals surface area contributed by atoms with Crippen LogP contribution in [-0.2, 0) is 10.3 Å². The van der Waals surface area contributed by atoms with E-state index in [0.717, 1.165) is 35.4 Å². The van der Waals surface area contributed by atoms with Gasteiger partial charge in [0.25, 0.3) is 0 Å². The normalized spacial score (nSPS) is 22.9. The van der Waals surface area contributed by atoms with E-state index in [1.807, 2.05) is 12.1 Å². The first kappa shape index (κ1) is 12.2. The third-order valence-corrected chi connectivity index (χ3v) is 4.75. The Morgan fingerprint density at radius 3 is 2.75 bits per heavy atom. The van der Waals surface area contributed by atoms with Gasteiger partial charge in [-0.3, -0.25) is 0 Å². The molecule has 1 aliphatic rings. The van der Waals surface area contributed by atoms with Crippen LogP contribution in [0.5, 0.6) is 0 Å². The smallest absolute Gasteiger partial charge is 0.0924 e. The van der Waals surface area contributed by atoms with Gasteiger partial charge in [0.05, 0.1) is 11.1 Å². The van der Waals surface area contributed by atoms with E-state index >= 15 is 0 Å². The molecule has 102 valence electrons. The zero-order chi connectivity index (χ0) is 13.7.